The molecule has 0 radical (unpaired) electrons. The summed E-state index contributed by atoms with van der Waals surface area (Å²) in [5.74, 6) is 0. The van der Waals surface area contributed by atoms with Crippen LogP contribution in [0.2, 0.25) is 5.15 Å². The van der Waals surface area contributed by atoms with E-state index >= 15 is 0 Å². The molecular weight excluding hydrogens is 496 g/mol. The molecule has 39 heavy (non-hydrogen) atoms. The van der Waals surface area contributed by atoms with Crippen LogP contribution in [0.25, 0.3) is 44.1 Å². The maximum Gasteiger partial charge on any atom is 0.133 e. The fourth-order valence-corrected chi connectivity index (χ4v) is 6.08. The monoisotopic (exact) mass is 534 g/mol. The Hall–Kier alpha value is -3.23. The molecule has 0 saturated heterocycles. The number of unbranched alkanes of at least 4 members (excludes halogenated alkanes) is 6. The minimum atomic E-state index is 0.608. The lowest BCUT2D eigenvalue weighted by atomic mass is 9.90. The van der Waals surface area contributed by atoms with Crippen LogP contribution < -0.4 is 0 Å². The largest absolute Gasteiger partial charge is 0.254 e. The van der Waals surface area contributed by atoms with Crippen LogP contribution in [0, 0.1) is 0 Å². The molecule has 0 N–H and O–H groups in total. The van der Waals surface area contributed by atoms with E-state index in [1.807, 2.05) is 0 Å². The van der Waals surface area contributed by atoms with E-state index < -0.39 is 0 Å². The fourth-order valence-electron chi connectivity index (χ4n) is 5.81. The van der Waals surface area contributed by atoms with E-state index in [1.54, 1.807) is 0 Å². The number of hydrogen-bond acceptors (Lipinski definition) is 2. The first-order chi connectivity index (χ1) is 19.2. The molecule has 0 atom stereocenters. The normalized spacial score (nSPS) is 11.5. The molecule has 2 heterocycles. The first-order valence-electron chi connectivity index (χ1n) is 14.8. The van der Waals surface area contributed by atoms with Crippen LogP contribution >= 0.6 is 11.6 Å². The Morgan fingerprint density at radius 3 is 1.77 bits per heavy atom. The number of aryl methyl sites for hydroxylation is 1. The van der Waals surface area contributed by atoms with Crippen molar-refractivity contribution in [2.24, 2.45) is 0 Å². The highest BCUT2D eigenvalue weighted by Gasteiger charge is 2.20. The van der Waals surface area contributed by atoms with Crippen LogP contribution in [0.1, 0.15) is 76.3 Å². The summed E-state index contributed by atoms with van der Waals surface area (Å²) in [5.41, 5.74) is 9.19. The van der Waals surface area contributed by atoms with Gasteiger partial charge in [0.2, 0.25) is 0 Å². The molecule has 0 bridgehead atoms. The maximum atomic E-state index is 7.02. The number of aromatic nitrogens is 2. The number of benzene rings is 3. The van der Waals surface area contributed by atoms with Gasteiger partial charge in [-0.25, -0.2) is 4.98 Å². The number of pyridine rings is 2. The highest BCUT2D eigenvalue weighted by molar-refractivity contribution is 6.32. The van der Waals surface area contributed by atoms with Crippen molar-refractivity contribution >= 4 is 33.4 Å². The third-order valence-electron chi connectivity index (χ3n) is 7.83. The van der Waals surface area contributed by atoms with Gasteiger partial charge in [-0.2, -0.15) is 0 Å². The highest BCUT2D eigenvalue weighted by Crippen LogP contribution is 2.41. The summed E-state index contributed by atoms with van der Waals surface area (Å²) in [6.07, 6.45) is 13.8. The third kappa shape index (κ3) is 6.02. The highest BCUT2D eigenvalue weighted by atomic mass is 35.5. The Balaban J connectivity index is 1.71. The lowest BCUT2D eigenvalue weighted by molar-refractivity contribution is 0.667. The van der Waals surface area contributed by atoms with E-state index in [-0.39, 0.29) is 0 Å². The van der Waals surface area contributed by atoms with Crippen LogP contribution in [0.3, 0.4) is 0 Å². The molecule has 0 saturated carbocycles. The van der Waals surface area contributed by atoms with Crippen molar-refractivity contribution in [3.05, 3.63) is 95.3 Å². The molecule has 0 aliphatic carbocycles. The predicted octanol–water partition coefficient (Wildman–Crippen LogP) is 11.0. The second-order valence-electron chi connectivity index (χ2n) is 10.6. The lowest BCUT2D eigenvalue weighted by Crippen LogP contribution is -2.00. The Bertz CT molecular complexity index is 1530. The van der Waals surface area contributed by atoms with Gasteiger partial charge in [0.1, 0.15) is 5.15 Å². The van der Waals surface area contributed by atoms with Gasteiger partial charge in [-0.05, 0) is 59.1 Å². The van der Waals surface area contributed by atoms with Crippen molar-refractivity contribution in [3.8, 4) is 22.3 Å². The number of rotatable bonds is 12. The fraction of sp³-hybridized carbons (Fsp3) is 0.333. The van der Waals surface area contributed by atoms with Crippen molar-refractivity contribution in [1.29, 1.82) is 0 Å². The average Bonchev–Trinajstić information content (AvgIpc) is 2.98. The first kappa shape index (κ1) is 27.3. The molecule has 3 heteroatoms. The van der Waals surface area contributed by atoms with E-state index in [9.17, 15) is 0 Å². The second kappa shape index (κ2) is 13.2. The standard InChI is InChI=1S/C36H39ClN2/c1-3-5-7-11-21-28-25-38-34-29(32(28)26-17-12-9-13-18-26)23-24-30-33(27-19-14-10-15-20-27)31(22-16-8-6-4-2)36(37)39-35(30)34/h9-10,12-15,17-20,23-25H,3-8,11,16,21-22H2,1-2H3. The smallest absolute Gasteiger partial charge is 0.133 e. The maximum absolute atomic E-state index is 7.02. The van der Waals surface area contributed by atoms with E-state index in [0.717, 1.165) is 46.6 Å². The van der Waals surface area contributed by atoms with Gasteiger partial charge >= 0.3 is 0 Å². The molecule has 0 spiro atoms. The molecule has 200 valence electrons. The second-order valence-corrected chi connectivity index (χ2v) is 11.0. The Morgan fingerprint density at radius 2 is 1.15 bits per heavy atom. The van der Waals surface area contributed by atoms with E-state index in [1.165, 1.54) is 72.8 Å². The minimum absolute atomic E-state index is 0.608. The van der Waals surface area contributed by atoms with Crippen molar-refractivity contribution in [2.75, 3.05) is 0 Å². The molecule has 0 aliphatic rings. The summed E-state index contributed by atoms with van der Waals surface area (Å²) < 4.78 is 0. The number of halogens is 1. The quantitative estimate of drug-likeness (QED) is 0.0903. The van der Waals surface area contributed by atoms with Gasteiger partial charge in [0.25, 0.3) is 0 Å². The van der Waals surface area contributed by atoms with Gasteiger partial charge in [0.05, 0.1) is 11.0 Å². The van der Waals surface area contributed by atoms with Gasteiger partial charge in [-0.3, -0.25) is 4.98 Å². The van der Waals surface area contributed by atoms with E-state index in [4.69, 9.17) is 21.6 Å². The molecule has 0 amide bonds. The number of hydrogen-bond donors (Lipinski definition) is 0. The van der Waals surface area contributed by atoms with Gasteiger partial charge in [0.15, 0.2) is 0 Å². The Kier molecular flexibility index (Phi) is 9.27. The van der Waals surface area contributed by atoms with E-state index in [0.29, 0.717) is 5.15 Å². The van der Waals surface area contributed by atoms with Crippen LogP contribution in [-0.4, -0.2) is 9.97 Å². The van der Waals surface area contributed by atoms with E-state index in [2.05, 4.69) is 92.8 Å². The molecule has 5 rings (SSSR count). The molecule has 0 aliphatic heterocycles. The Labute approximate surface area is 238 Å². The predicted molar refractivity (Wildman–Crippen MR) is 169 cm³/mol. The third-order valence-corrected chi connectivity index (χ3v) is 8.14. The van der Waals surface area contributed by atoms with Crippen molar-refractivity contribution in [1.82, 2.24) is 9.97 Å². The summed E-state index contributed by atoms with van der Waals surface area (Å²) in [7, 11) is 0. The zero-order valence-electron chi connectivity index (χ0n) is 23.3. The zero-order chi connectivity index (χ0) is 27.0. The van der Waals surface area contributed by atoms with Gasteiger partial charge in [0, 0.05) is 17.0 Å². The minimum Gasteiger partial charge on any atom is -0.254 e. The summed E-state index contributed by atoms with van der Waals surface area (Å²) in [4.78, 5) is 10.1. The average molecular weight is 535 g/mol. The first-order valence-corrected chi connectivity index (χ1v) is 15.1. The summed E-state index contributed by atoms with van der Waals surface area (Å²) in [6.45, 7) is 4.51. The van der Waals surface area contributed by atoms with Crippen LogP contribution in [-0.2, 0) is 12.8 Å². The molecule has 0 fully saturated rings. The van der Waals surface area contributed by atoms with Gasteiger partial charge in [-0.1, -0.05) is 137 Å². The molecule has 2 aromatic heterocycles. The van der Waals surface area contributed by atoms with Crippen molar-refractivity contribution in [2.45, 2.75) is 78.1 Å². The van der Waals surface area contributed by atoms with Crippen LogP contribution in [0.4, 0.5) is 0 Å². The molecule has 2 nitrogen and oxygen atoms in total. The summed E-state index contributed by atoms with van der Waals surface area (Å²) in [6, 6.07) is 25.9. The van der Waals surface area contributed by atoms with Crippen molar-refractivity contribution in [3.63, 3.8) is 0 Å². The van der Waals surface area contributed by atoms with Gasteiger partial charge in [-0.15, -0.1) is 0 Å². The molecular formula is C36H39ClN2. The van der Waals surface area contributed by atoms with Crippen LogP contribution in [0.5, 0.6) is 0 Å². The lowest BCUT2D eigenvalue weighted by Gasteiger charge is -2.18. The summed E-state index contributed by atoms with van der Waals surface area (Å²) >= 11 is 7.02. The number of nitrogens with zero attached hydrogens (tertiary/aromatic N) is 2. The number of fused-ring (bicyclic) bond motifs is 3. The molecule has 3 aromatic carbocycles. The molecule has 0 unspecified atom stereocenters. The SMILES string of the molecule is CCCCCCc1cnc2c(ccc3c(-c4ccccc4)c(CCCCCC)c(Cl)nc32)c1-c1ccccc1. The van der Waals surface area contributed by atoms with Gasteiger partial charge < -0.3 is 0 Å². The zero-order valence-corrected chi connectivity index (χ0v) is 24.1. The summed E-state index contributed by atoms with van der Waals surface area (Å²) in [5, 5.41) is 2.89. The Morgan fingerprint density at radius 1 is 0.590 bits per heavy atom. The molecule has 5 aromatic rings. The van der Waals surface area contributed by atoms with Crippen LogP contribution in [0.15, 0.2) is 79.0 Å². The topological polar surface area (TPSA) is 25.8 Å². The van der Waals surface area contributed by atoms with Crippen molar-refractivity contribution < 1.29 is 0 Å².